The van der Waals surface area contributed by atoms with Crippen molar-refractivity contribution in [1.82, 2.24) is 4.90 Å². The molecular weight excluding hydrogens is 422 g/mol. The van der Waals surface area contributed by atoms with E-state index in [0.29, 0.717) is 33.8 Å². The topological polar surface area (TPSA) is 78.2 Å². The van der Waals surface area contributed by atoms with Crippen molar-refractivity contribution in [1.29, 1.82) is 0 Å². The highest BCUT2D eigenvalue weighted by Crippen LogP contribution is 2.40. The van der Waals surface area contributed by atoms with Crippen LogP contribution in [0, 0.1) is 0 Å². The molecule has 2 aliphatic heterocycles. The summed E-state index contributed by atoms with van der Waals surface area (Å²) in [5.74, 6) is 1.75. The molecule has 0 aliphatic carbocycles. The second-order valence-corrected chi connectivity index (χ2v) is 7.97. The van der Waals surface area contributed by atoms with Gasteiger partial charge in [-0.2, -0.15) is 0 Å². The van der Waals surface area contributed by atoms with E-state index < -0.39 is 6.04 Å². The standard InChI is InChI=1S/C26H19NO6/c1-30-17-9-7-16(8-10-17)23-22-24(28)18-4-2-3-5-19(18)33-25(22)26(29)27(23)13-15-6-11-20-21(12-15)32-14-31-20/h2-12,23H,13-14H2,1H3/t23-/m0/s1. The van der Waals surface area contributed by atoms with Gasteiger partial charge in [-0.3, -0.25) is 9.59 Å². The molecule has 0 radical (unpaired) electrons. The summed E-state index contributed by atoms with van der Waals surface area (Å²) in [4.78, 5) is 28.7. The molecule has 7 heteroatoms. The van der Waals surface area contributed by atoms with Gasteiger partial charge in [-0.25, -0.2) is 0 Å². The van der Waals surface area contributed by atoms with Gasteiger partial charge in [0.05, 0.1) is 24.1 Å². The maximum Gasteiger partial charge on any atom is 0.291 e. The zero-order valence-electron chi connectivity index (χ0n) is 17.7. The quantitative estimate of drug-likeness (QED) is 0.471. The number of para-hydroxylation sites is 1. The molecule has 0 bridgehead atoms. The van der Waals surface area contributed by atoms with Crippen molar-refractivity contribution in [3.05, 3.63) is 99.4 Å². The maximum atomic E-state index is 13.6. The average Bonchev–Trinajstić information content (AvgIpc) is 3.42. The summed E-state index contributed by atoms with van der Waals surface area (Å²) in [5, 5.41) is 0.451. The van der Waals surface area contributed by atoms with Crippen molar-refractivity contribution in [2.24, 2.45) is 0 Å². The summed E-state index contributed by atoms with van der Waals surface area (Å²) in [6.07, 6.45) is 0. The van der Waals surface area contributed by atoms with Crippen molar-refractivity contribution < 1.29 is 23.4 Å². The van der Waals surface area contributed by atoms with E-state index in [1.54, 1.807) is 36.3 Å². The molecule has 4 aromatic rings. The zero-order valence-corrected chi connectivity index (χ0v) is 17.7. The first-order valence-corrected chi connectivity index (χ1v) is 10.5. The average molecular weight is 441 g/mol. The molecule has 1 amide bonds. The third-order valence-electron chi connectivity index (χ3n) is 6.09. The Morgan fingerprint density at radius 3 is 2.58 bits per heavy atom. The molecule has 3 aromatic carbocycles. The number of nitrogens with zero attached hydrogens (tertiary/aromatic N) is 1. The van der Waals surface area contributed by atoms with Crippen LogP contribution in [0.3, 0.4) is 0 Å². The number of amides is 1. The maximum absolute atomic E-state index is 13.6. The Morgan fingerprint density at radius 2 is 1.76 bits per heavy atom. The van der Waals surface area contributed by atoms with E-state index in [2.05, 4.69) is 0 Å². The Labute approximate surface area is 188 Å². The van der Waals surface area contributed by atoms with Crippen LogP contribution in [-0.2, 0) is 6.54 Å². The predicted molar refractivity (Wildman–Crippen MR) is 120 cm³/mol. The minimum absolute atomic E-state index is 0.0836. The predicted octanol–water partition coefficient (Wildman–Crippen LogP) is 4.28. The molecule has 3 heterocycles. The van der Waals surface area contributed by atoms with Gasteiger partial charge in [0, 0.05) is 6.54 Å². The highest BCUT2D eigenvalue weighted by atomic mass is 16.7. The van der Waals surface area contributed by atoms with E-state index in [1.165, 1.54) is 0 Å². The highest BCUT2D eigenvalue weighted by molar-refractivity contribution is 5.99. The summed E-state index contributed by atoms with van der Waals surface area (Å²) in [5.41, 5.74) is 2.20. The number of methoxy groups -OCH3 is 1. The summed E-state index contributed by atoms with van der Waals surface area (Å²) >= 11 is 0. The van der Waals surface area contributed by atoms with Crippen LogP contribution in [0.25, 0.3) is 11.0 Å². The van der Waals surface area contributed by atoms with Gasteiger partial charge in [0.2, 0.25) is 12.6 Å². The summed E-state index contributed by atoms with van der Waals surface area (Å²) in [6.45, 7) is 0.443. The molecule has 164 valence electrons. The van der Waals surface area contributed by atoms with Gasteiger partial charge in [-0.1, -0.05) is 30.3 Å². The third kappa shape index (κ3) is 3.04. The molecule has 0 unspecified atom stereocenters. The molecule has 0 spiro atoms. The summed E-state index contributed by atoms with van der Waals surface area (Å²) < 4.78 is 22.1. The number of ether oxygens (including phenoxy) is 3. The minimum Gasteiger partial charge on any atom is -0.497 e. The van der Waals surface area contributed by atoms with E-state index in [0.717, 1.165) is 11.1 Å². The number of benzene rings is 3. The fourth-order valence-corrected chi connectivity index (χ4v) is 4.50. The van der Waals surface area contributed by atoms with Crippen LogP contribution in [0.5, 0.6) is 17.2 Å². The number of rotatable bonds is 4. The Morgan fingerprint density at radius 1 is 0.970 bits per heavy atom. The molecule has 6 rings (SSSR count). The van der Waals surface area contributed by atoms with Crippen molar-refractivity contribution >= 4 is 16.9 Å². The molecule has 0 N–H and O–H groups in total. The van der Waals surface area contributed by atoms with Gasteiger partial charge in [0.1, 0.15) is 11.3 Å². The first-order chi connectivity index (χ1) is 16.1. The molecule has 1 aromatic heterocycles. The summed E-state index contributed by atoms with van der Waals surface area (Å²) in [7, 11) is 1.59. The molecule has 1 atom stereocenters. The van der Waals surface area contributed by atoms with Crippen LogP contribution in [-0.4, -0.2) is 24.7 Å². The van der Waals surface area contributed by atoms with E-state index in [4.69, 9.17) is 18.6 Å². The van der Waals surface area contributed by atoms with E-state index in [9.17, 15) is 9.59 Å². The number of hydrogen-bond acceptors (Lipinski definition) is 6. The highest BCUT2D eigenvalue weighted by Gasteiger charge is 2.42. The molecular formula is C26H19NO6. The fourth-order valence-electron chi connectivity index (χ4n) is 4.50. The van der Waals surface area contributed by atoms with Crippen LogP contribution in [0.2, 0.25) is 0 Å². The van der Waals surface area contributed by atoms with Gasteiger partial charge in [-0.15, -0.1) is 0 Å². The lowest BCUT2D eigenvalue weighted by Crippen LogP contribution is -2.29. The summed E-state index contributed by atoms with van der Waals surface area (Å²) in [6, 6.07) is 19.3. The SMILES string of the molecule is COc1ccc([C@H]2c3c(oc4ccccc4c3=O)C(=O)N2Cc2ccc3c(c2)OCO3)cc1. The molecule has 0 saturated heterocycles. The first kappa shape index (κ1) is 19.4. The van der Waals surface area contributed by atoms with Gasteiger partial charge in [0.15, 0.2) is 16.9 Å². The van der Waals surface area contributed by atoms with E-state index in [1.807, 2.05) is 42.5 Å². The fraction of sp³-hybridized carbons (Fsp3) is 0.154. The largest absolute Gasteiger partial charge is 0.497 e. The van der Waals surface area contributed by atoms with Gasteiger partial charge in [-0.05, 0) is 47.5 Å². The van der Waals surface area contributed by atoms with Crippen molar-refractivity contribution in [3.8, 4) is 17.2 Å². The zero-order chi connectivity index (χ0) is 22.5. The Balaban J connectivity index is 1.50. The Bertz CT molecular complexity index is 1460. The number of carbonyl (C=O) groups excluding carboxylic acids is 1. The monoisotopic (exact) mass is 441 g/mol. The van der Waals surface area contributed by atoms with Crippen LogP contribution >= 0.6 is 0 Å². The lowest BCUT2D eigenvalue weighted by atomic mass is 9.98. The molecule has 0 saturated carbocycles. The number of carbonyl (C=O) groups is 1. The first-order valence-electron chi connectivity index (χ1n) is 10.5. The molecule has 0 fully saturated rings. The Kier molecular flexibility index (Phi) is 4.36. The Hall–Kier alpha value is -4.26. The molecule has 7 nitrogen and oxygen atoms in total. The smallest absolute Gasteiger partial charge is 0.291 e. The van der Waals surface area contributed by atoms with Crippen molar-refractivity contribution in [2.75, 3.05) is 13.9 Å². The van der Waals surface area contributed by atoms with Crippen LogP contribution in [0.15, 0.2) is 75.9 Å². The number of hydrogen-bond donors (Lipinski definition) is 0. The normalized spacial score (nSPS) is 16.3. The van der Waals surface area contributed by atoms with Gasteiger partial charge >= 0.3 is 0 Å². The van der Waals surface area contributed by atoms with Crippen molar-refractivity contribution in [2.45, 2.75) is 12.6 Å². The van der Waals surface area contributed by atoms with E-state index in [-0.39, 0.29) is 30.4 Å². The van der Waals surface area contributed by atoms with Gasteiger partial charge < -0.3 is 23.5 Å². The van der Waals surface area contributed by atoms with Crippen LogP contribution < -0.4 is 19.6 Å². The van der Waals surface area contributed by atoms with Crippen LogP contribution in [0.1, 0.15) is 33.3 Å². The van der Waals surface area contributed by atoms with Crippen molar-refractivity contribution in [3.63, 3.8) is 0 Å². The second kappa shape index (κ2) is 7.41. The molecule has 33 heavy (non-hydrogen) atoms. The van der Waals surface area contributed by atoms with E-state index >= 15 is 0 Å². The van der Waals surface area contributed by atoms with Crippen LogP contribution in [0.4, 0.5) is 0 Å². The third-order valence-corrected chi connectivity index (χ3v) is 6.09. The lowest BCUT2D eigenvalue weighted by molar-refractivity contribution is 0.0714. The minimum atomic E-state index is -0.593. The van der Waals surface area contributed by atoms with Gasteiger partial charge in [0.25, 0.3) is 5.91 Å². The lowest BCUT2D eigenvalue weighted by Gasteiger charge is -2.25. The number of fused-ring (bicyclic) bond motifs is 3. The second-order valence-electron chi connectivity index (χ2n) is 7.97. The molecule has 2 aliphatic rings.